The first-order valence-electron chi connectivity index (χ1n) is 7.49. The molecule has 20 heavy (non-hydrogen) atoms. The van der Waals surface area contributed by atoms with Crippen molar-refractivity contribution in [2.45, 2.75) is 51.1 Å². The molecular formula is C16H24N2O2. The molecule has 0 bridgehead atoms. The number of hydrogen-bond acceptors (Lipinski definition) is 3. The highest BCUT2D eigenvalue weighted by Crippen LogP contribution is 2.24. The van der Waals surface area contributed by atoms with E-state index in [0.29, 0.717) is 12.6 Å². The molecule has 1 unspecified atom stereocenters. The lowest BCUT2D eigenvalue weighted by Gasteiger charge is -2.21. The van der Waals surface area contributed by atoms with Crippen LogP contribution in [0.15, 0.2) is 24.3 Å². The van der Waals surface area contributed by atoms with Gasteiger partial charge in [-0.3, -0.25) is 10.1 Å². The van der Waals surface area contributed by atoms with E-state index in [1.54, 1.807) is 0 Å². The Morgan fingerprint density at radius 1 is 1.45 bits per heavy atom. The van der Waals surface area contributed by atoms with Gasteiger partial charge in [0.05, 0.1) is 6.61 Å². The number of carbonyl (C=O) groups excluding carboxylic acids is 1. The van der Waals surface area contributed by atoms with Gasteiger partial charge in [-0.25, -0.2) is 0 Å². The van der Waals surface area contributed by atoms with Crippen molar-refractivity contribution in [1.29, 1.82) is 0 Å². The third-order valence-electron chi connectivity index (χ3n) is 3.71. The van der Waals surface area contributed by atoms with Crippen molar-refractivity contribution in [1.82, 2.24) is 5.32 Å². The SMILES string of the molecule is CCCOc1cccc(C(NC2CCCC2)C(N)=O)c1. The molecule has 0 aliphatic heterocycles. The molecule has 0 saturated heterocycles. The molecule has 4 heteroatoms. The van der Waals surface area contributed by atoms with Crippen molar-refractivity contribution in [3.63, 3.8) is 0 Å². The summed E-state index contributed by atoms with van der Waals surface area (Å²) in [5.74, 6) is 0.466. The zero-order valence-corrected chi connectivity index (χ0v) is 12.1. The Hall–Kier alpha value is -1.55. The number of amides is 1. The van der Waals surface area contributed by atoms with Crippen molar-refractivity contribution in [2.24, 2.45) is 5.73 Å². The predicted octanol–water partition coefficient (Wildman–Crippen LogP) is 2.53. The van der Waals surface area contributed by atoms with Gasteiger partial charge in [0.15, 0.2) is 0 Å². The first kappa shape index (κ1) is 14.9. The fraction of sp³-hybridized carbons (Fsp3) is 0.562. The second-order valence-electron chi connectivity index (χ2n) is 5.40. The summed E-state index contributed by atoms with van der Waals surface area (Å²) >= 11 is 0. The molecular weight excluding hydrogens is 252 g/mol. The quantitative estimate of drug-likeness (QED) is 0.804. The van der Waals surface area contributed by atoms with Gasteiger partial charge >= 0.3 is 0 Å². The highest BCUT2D eigenvalue weighted by Gasteiger charge is 2.24. The fourth-order valence-electron chi connectivity index (χ4n) is 2.67. The molecule has 1 aliphatic carbocycles. The maximum Gasteiger partial charge on any atom is 0.239 e. The third kappa shape index (κ3) is 3.97. The number of rotatable bonds is 7. The second kappa shape index (κ2) is 7.29. The molecule has 0 spiro atoms. The summed E-state index contributed by atoms with van der Waals surface area (Å²) in [4.78, 5) is 11.7. The first-order valence-corrected chi connectivity index (χ1v) is 7.49. The molecule has 0 heterocycles. The van der Waals surface area contributed by atoms with Crippen LogP contribution in [-0.4, -0.2) is 18.6 Å². The summed E-state index contributed by atoms with van der Waals surface area (Å²) in [7, 11) is 0. The van der Waals surface area contributed by atoms with E-state index in [1.807, 2.05) is 24.3 Å². The standard InChI is InChI=1S/C16H24N2O2/c1-2-10-20-14-9-5-6-12(11-14)15(16(17)19)18-13-7-3-4-8-13/h5-6,9,11,13,15,18H,2-4,7-8,10H2,1H3,(H2,17,19). The fourth-order valence-corrected chi connectivity index (χ4v) is 2.67. The van der Waals surface area contributed by atoms with Crippen LogP contribution in [0.25, 0.3) is 0 Å². The van der Waals surface area contributed by atoms with Crippen LogP contribution in [0.5, 0.6) is 5.75 Å². The smallest absolute Gasteiger partial charge is 0.239 e. The normalized spacial score (nSPS) is 17.1. The summed E-state index contributed by atoms with van der Waals surface area (Å²) in [6, 6.07) is 7.62. The van der Waals surface area contributed by atoms with E-state index >= 15 is 0 Å². The molecule has 1 fully saturated rings. The van der Waals surface area contributed by atoms with Gasteiger partial charge in [0, 0.05) is 6.04 Å². The molecule has 0 radical (unpaired) electrons. The van der Waals surface area contributed by atoms with Crippen molar-refractivity contribution in [3.8, 4) is 5.75 Å². The number of nitrogens with one attached hydrogen (secondary N) is 1. The molecule has 1 aromatic rings. The average molecular weight is 276 g/mol. The number of benzene rings is 1. The number of carbonyl (C=O) groups is 1. The minimum absolute atomic E-state index is 0.329. The van der Waals surface area contributed by atoms with Crippen LogP contribution >= 0.6 is 0 Å². The van der Waals surface area contributed by atoms with Crippen LogP contribution in [0.3, 0.4) is 0 Å². The maximum atomic E-state index is 11.7. The Kier molecular flexibility index (Phi) is 5.41. The summed E-state index contributed by atoms with van der Waals surface area (Å²) in [5.41, 5.74) is 6.44. The minimum atomic E-state index is -0.428. The topological polar surface area (TPSA) is 64.3 Å². The number of nitrogens with two attached hydrogens (primary N) is 1. The van der Waals surface area contributed by atoms with E-state index in [9.17, 15) is 4.79 Å². The predicted molar refractivity (Wildman–Crippen MR) is 79.6 cm³/mol. The summed E-state index contributed by atoms with van der Waals surface area (Å²) in [6.07, 6.45) is 5.65. The molecule has 1 atom stereocenters. The molecule has 110 valence electrons. The summed E-state index contributed by atoms with van der Waals surface area (Å²) < 4.78 is 5.62. The monoisotopic (exact) mass is 276 g/mol. The van der Waals surface area contributed by atoms with Crippen molar-refractivity contribution < 1.29 is 9.53 Å². The van der Waals surface area contributed by atoms with E-state index in [2.05, 4.69) is 12.2 Å². The minimum Gasteiger partial charge on any atom is -0.494 e. The van der Waals surface area contributed by atoms with Gasteiger partial charge < -0.3 is 10.5 Å². The lowest BCUT2D eigenvalue weighted by atomic mass is 10.0. The number of primary amides is 1. The number of ether oxygens (including phenoxy) is 1. The van der Waals surface area contributed by atoms with Crippen LogP contribution in [0.4, 0.5) is 0 Å². The van der Waals surface area contributed by atoms with Crippen molar-refractivity contribution in [3.05, 3.63) is 29.8 Å². The lowest BCUT2D eigenvalue weighted by molar-refractivity contribution is -0.120. The van der Waals surface area contributed by atoms with Gasteiger partial charge in [-0.1, -0.05) is 31.9 Å². The van der Waals surface area contributed by atoms with Crippen molar-refractivity contribution in [2.75, 3.05) is 6.61 Å². The van der Waals surface area contributed by atoms with E-state index in [4.69, 9.17) is 10.5 Å². The molecule has 4 nitrogen and oxygen atoms in total. The summed E-state index contributed by atoms with van der Waals surface area (Å²) in [5, 5.41) is 3.38. The first-order chi connectivity index (χ1) is 9.70. The second-order valence-corrected chi connectivity index (χ2v) is 5.40. The molecule has 2 rings (SSSR count). The highest BCUT2D eigenvalue weighted by molar-refractivity contribution is 5.81. The van der Waals surface area contributed by atoms with E-state index < -0.39 is 6.04 Å². The maximum absolute atomic E-state index is 11.7. The van der Waals surface area contributed by atoms with Gasteiger partial charge in [0.25, 0.3) is 0 Å². The zero-order valence-electron chi connectivity index (χ0n) is 12.1. The molecule has 3 N–H and O–H groups in total. The van der Waals surface area contributed by atoms with Crippen LogP contribution in [0.1, 0.15) is 50.6 Å². The zero-order chi connectivity index (χ0) is 14.4. The third-order valence-corrected chi connectivity index (χ3v) is 3.71. The van der Waals surface area contributed by atoms with Gasteiger partial charge in [0.1, 0.15) is 11.8 Å². The van der Waals surface area contributed by atoms with E-state index in [1.165, 1.54) is 12.8 Å². The van der Waals surface area contributed by atoms with Gasteiger partial charge in [0.2, 0.25) is 5.91 Å². The van der Waals surface area contributed by atoms with Crippen molar-refractivity contribution >= 4 is 5.91 Å². The molecule has 1 amide bonds. The molecule has 1 saturated carbocycles. The van der Waals surface area contributed by atoms with Gasteiger partial charge in [-0.2, -0.15) is 0 Å². The highest BCUT2D eigenvalue weighted by atomic mass is 16.5. The number of hydrogen-bond donors (Lipinski definition) is 2. The molecule has 1 aromatic carbocycles. The Morgan fingerprint density at radius 2 is 2.20 bits per heavy atom. The largest absolute Gasteiger partial charge is 0.494 e. The van der Waals surface area contributed by atoms with E-state index in [0.717, 1.165) is 30.6 Å². The summed E-state index contributed by atoms with van der Waals surface area (Å²) in [6.45, 7) is 2.75. The van der Waals surface area contributed by atoms with Crippen LogP contribution < -0.4 is 15.8 Å². The van der Waals surface area contributed by atoms with E-state index in [-0.39, 0.29) is 5.91 Å². The Labute approximate surface area is 120 Å². The van der Waals surface area contributed by atoms with Gasteiger partial charge in [-0.15, -0.1) is 0 Å². The van der Waals surface area contributed by atoms with Crippen LogP contribution in [-0.2, 0) is 4.79 Å². The van der Waals surface area contributed by atoms with Crippen LogP contribution in [0, 0.1) is 0 Å². The molecule has 1 aliphatic rings. The molecule has 0 aromatic heterocycles. The van der Waals surface area contributed by atoms with Gasteiger partial charge in [-0.05, 0) is 37.0 Å². The Balaban J connectivity index is 2.09. The lowest BCUT2D eigenvalue weighted by Crippen LogP contribution is -2.38. The van der Waals surface area contributed by atoms with Crippen LogP contribution in [0.2, 0.25) is 0 Å². The Bertz CT molecular complexity index is 442. The average Bonchev–Trinajstić information content (AvgIpc) is 2.95. The Morgan fingerprint density at radius 3 is 2.85 bits per heavy atom.